The van der Waals surface area contributed by atoms with E-state index in [0.29, 0.717) is 35.0 Å². The summed E-state index contributed by atoms with van der Waals surface area (Å²) in [5, 5.41) is 1.53. The lowest BCUT2D eigenvalue weighted by Gasteiger charge is -2.35. The molecule has 2 heterocycles. The Morgan fingerprint density at radius 2 is 1.81 bits per heavy atom. The summed E-state index contributed by atoms with van der Waals surface area (Å²) >= 11 is 0. The molecular formula is C20H26N2O4S. The average Bonchev–Trinajstić information content (AvgIpc) is 3.20. The van der Waals surface area contributed by atoms with Crippen LogP contribution in [0.4, 0.5) is 0 Å². The Labute approximate surface area is 160 Å². The maximum atomic E-state index is 13.3. The average molecular weight is 391 g/mol. The van der Waals surface area contributed by atoms with Gasteiger partial charge in [0, 0.05) is 50.1 Å². The molecule has 2 saturated heterocycles. The minimum Gasteiger partial charge on any atom is -0.496 e. The largest absolute Gasteiger partial charge is 0.496 e. The Morgan fingerprint density at radius 3 is 2.48 bits per heavy atom. The quantitative estimate of drug-likeness (QED) is 0.783. The van der Waals surface area contributed by atoms with Crippen molar-refractivity contribution >= 4 is 20.8 Å². The molecule has 0 aliphatic carbocycles. The normalized spacial score (nSPS) is 22.3. The zero-order valence-corrected chi connectivity index (χ0v) is 16.5. The van der Waals surface area contributed by atoms with Gasteiger partial charge in [0.2, 0.25) is 10.0 Å². The maximum absolute atomic E-state index is 13.3. The van der Waals surface area contributed by atoms with Crippen molar-refractivity contribution in [3.05, 3.63) is 36.4 Å². The van der Waals surface area contributed by atoms with E-state index in [1.807, 2.05) is 24.3 Å². The molecule has 0 N–H and O–H groups in total. The van der Waals surface area contributed by atoms with Crippen molar-refractivity contribution in [2.75, 3.05) is 53.0 Å². The summed E-state index contributed by atoms with van der Waals surface area (Å²) in [5.41, 5.74) is 0. The van der Waals surface area contributed by atoms with Crippen LogP contribution >= 0.6 is 0 Å². The highest BCUT2D eigenvalue weighted by molar-refractivity contribution is 7.89. The molecule has 2 aliphatic heterocycles. The van der Waals surface area contributed by atoms with E-state index in [1.54, 1.807) is 23.5 Å². The molecule has 0 amide bonds. The summed E-state index contributed by atoms with van der Waals surface area (Å²) in [6.45, 7) is 5.26. The standard InChI is InChI=1S/C20H26N2O4S/c1-25-19-6-7-20(18-5-3-2-4-17(18)19)27(23,24)22-11-9-21(10-12-22)14-16-8-13-26-15-16/h2-7,16H,8-15H2,1H3/t16-/m1/s1. The summed E-state index contributed by atoms with van der Waals surface area (Å²) < 4.78 is 39.1. The van der Waals surface area contributed by atoms with Crippen LogP contribution in [0.5, 0.6) is 5.75 Å². The molecule has 0 saturated carbocycles. The van der Waals surface area contributed by atoms with Crippen LogP contribution in [0.1, 0.15) is 6.42 Å². The zero-order valence-electron chi connectivity index (χ0n) is 15.6. The van der Waals surface area contributed by atoms with Gasteiger partial charge in [-0.1, -0.05) is 24.3 Å². The Morgan fingerprint density at radius 1 is 1.07 bits per heavy atom. The molecule has 1 atom stereocenters. The summed E-state index contributed by atoms with van der Waals surface area (Å²) in [4.78, 5) is 2.72. The van der Waals surface area contributed by atoms with Gasteiger partial charge in [-0.05, 0) is 24.5 Å². The second kappa shape index (κ2) is 7.75. The van der Waals surface area contributed by atoms with Crippen LogP contribution in [0, 0.1) is 5.92 Å². The summed E-state index contributed by atoms with van der Waals surface area (Å²) in [7, 11) is -1.94. The monoisotopic (exact) mass is 390 g/mol. The number of rotatable bonds is 5. The maximum Gasteiger partial charge on any atom is 0.243 e. The molecule has 7 heteroatoms. The minimum absolute atomic E-state index is 0.358. The summed E-state index contributed by atoms with van der Waals surface area (Å²) in [6, 6.07) is 10.9. The Balaban J connectivity index is 1.53. The number of methoxy groups -OCH3 is 1. The second-order valence-electron chi connectivity index (χ2n) is 7.25. The van der Waals surface area contributed by atoms with Gasteiger partial charge in [0.25, 0.3) is 0 Å². The van der Waals surface area contributed by atoms with Crippen molar-refractivity contribution in [3.8, 4) is 5.75 Å². The number of nitrogens with zero attached hydrogens (tertiary/aromatic N) is 2. The van der Waals surface area contributed by atoms with E-state index in [9.17, 15) is 8.42 Å². The number of sulfonamides is 1. The molecule has 2 aromatic carbocycles. The van der Waals surface area contributed by atoms with E-state index < -0.39 is 10.0 Å². The Hall–Kier alpha value is -1.67. The lowest BCUT2D eigenvalue weighted by atomic mass is 10.1. The fourth-order valence-corrected chi connectivity index (χ4v) is 5.65. The SMILES string of the molecule is COc1ccc(S(=O)(=O)N2CCN(C[C@H]3CCOC3)CC2)c2ccccc12. The van der Waals surface area contributed by atoms with Crippen molar-refractivity contribution < 1.29 is 17.9 Å². The van der Waals surface area contributed by atoms with Gasteiger partial charge in [-0.25, -0.2) is 8.42 Å². The highest BCUT2D eigenvalue weighted by Gasteiger charge is 2.31. The van der Waals surface area contributed by atoms with Crippen molar-refractivity contribution in [1.82, 2.24) is 9.21 Å². The second-order valence-corrected chi connectivity index (χ2v) is 9.15. The zero-order chi connectivity index (χ0) is 18.9. The lowest BCUT2D eigenvalue weighted by Crippen LogP contribution is -2.49. The Kier molecular flexibility index (Phi) is 5.36. The van der Waals surface area contributed by atoms with Crippen molar-refractivity contribution in [1.29, 1.82) is 0 Å². The molecule has 0 radical (unpaired) electrons. The molecule has 6 nitrogen and oxygen atoms in total. The number of hydrogen-bond donors (Lipinski definition) is 0. The van der Waals surface area contributed by atoms with Crippen LogP contribution in [0.2, 0.25) is 0 Å². The first-order valence-electron chi connectivity index (χ1n) is 9.45. The number of fused-ring (bicyclic) bond motifs is 1. The van der Waals surface area contributed by atoms with Gasteiger partial charge in [-0.3, -0.25) is 0 Å². The lowest BCUT2D eigenvalue weighted by molar-refractivity contribution is 0.144. The van der Waals surface area contributed by atoms with Crippen LogP contribution in [-0.2, 0) is 14.8 Å². The van der Waals surface area contributed by atoms with Crippen molar-refractivity contribution in [2.24, 2.45) is 5.92 Å². The van der Waals surface area contributed by atoms with Crippen LogP contribution in [0.3, 0.4) is 0 Å². The molecule has 146 valence electrons. The Bertz CT molecular complexity index is 901. The molecular weight excluding hydrogens is 364 g/mol. The third kappa shape index (κ3) is 3.69. The van der Waals surface area contributed by atoms with E-state index in [-0.39, 0.29) is 0 Å². The minimum atomic E-state index is -3.54. The highest BCUT2D eigenvalue weighted by atomic mass is 32.2. The molecule has 2 aromatic rings. The van der Waals surface area contributed by atoms with Gasteiger partial charge in [-0.2, -0.15) is 4.31 Å². The van der Waals surface area contributed by atoms with Crippen molar-refractivity contribution in [3.63, 3.8) is 0 Å². The topological polar surface area (TPSA) is 59.1 Å². The van der Waals surface area contributed by atoms with Crippen molar-refractivity contribution in [2.45, 2.75) is 11.3 Å². The van der Waals surface area contributed by atoms with E-state index >= 15 is 0 Å². The van der Waals surface area contributed by atoms with E-state index in [1.165, 1.54) is 0 Å². The predicted molar refractivity (Wildman–Crippen MR) is 105 cm³/mol. The van der Waals surface area contributed by atoms with Crippen LogP contribution in [0.25, 0.3) is 10.8 Å². The molecule has 27 heavy (non-hydrogen) atoms. The predicted octanol–water partition coefficient (Wildman–Crippen LogP) is 2.19. The van der Waals surface area contributed by atoms with Crippen LogP contribution in [0.15, 0.2) is 41.3 Å². The first-order valence-corrected chi connectivity index (χ1v) is 10.9. The van der Waals surface area contributed by atoms with Gasteiger partial charge in [0.1, 0.15) is 5.75 Å². The van der Waals surface area contributed by atoms with Crippen LogP contribution in [-0.4, -0.2) is 70.7 Å². The van der Waals surface area contributed by atoms with Crippen LogP contribution < -0.4 is 4.74 Å². The number of hydrogen-bond acceptors (Lipinski definition) is 5. The fourth-order valence-electron chi connectivity index (χ4n) is 4.03. The number of benzene rings is 2. The van der Waals surface area contributed by atoms with Gasteiger partial charge in [0.05, 0.1) is 18.6 Å². The molecule has 4 rings (SSSR count). The molecule has 0 unspecified atom stereocenters. The smallest absolute Gasteiger partial charge is 0.243 e. The fraction of sp³-hybridized carbons (Fsp3) is 0.500. The first-order chi connectivity index (χ1) is 13.1. The molecule has 2 fully saturated rings. The summed E-state index contributed by atoms with van der Waals surface area (Å²) in [6.07, 6.45) is 1.11. The van der Waals surface area contributed by atoms with Gasteiger partial charge < -0.3 is 14.4 Å². The molecule has 0 bridgehead atoms. The molecule has 2 aliphatic rings. The molecule has 0 aromatic heterocycles. The summed E-state index contributed by atoms with van der Waals surface area (Å²) in [5.74, 6) is 1.27. The van der Waals surface area contributed by atoms with E-state index in [2.05, 4.69) is 4.90 Å². The highest BCUT2D eigenvalue weighted by Crippen LogP contribution is 2.32. The van der Waals surface area contributed by atoms with Gasteiger partial charge >= 0.3 is 0 Å². The third-order valence-corrected chi connectivity index (χ3v) is 7.51. The molecule has 0 spiro atoms. The number of ether oxygens (including phenoxy) is 2. The van der Waals surface area contributed by atoms with Gasteiger partial charge in [0.15, 0.2) is 0 Å². The van der Waals surface area contributed by atoms with E-state index in [0.717, 1.165) is 44.7 Å². The number of piperazine rings is 1. The van der Waals surface area contributed by atoms with E-state index in [4.69, 9.17) is 9.47 Å². The third-order valence-electron chi connectivity index (χ3n) is 5.55. The van der Waals surface area contributed by atoms with Gasteiger partial charge in [-0.15, -0.1) is 0 Å². The first kappa shape index (κ1) is 18.7.